The third-order valence-electron chi connectivity index (χ3n) is 4.91. The first-order valence-electron chi connectivity index (χ1n) is 8.86. The van der Waals surface area contributed by atoms with Crippen molar-refractivity contribution in [3.05, 3.63) is 59.3 Å². The lowest BCUT2D eigenvalue weighted by Gasteiger charge is -2.34. The van der Waals surface area contributed by atoms with Gasteiger partial charge in [0.2, 0.25) is 0 Å². The molecule has 2 N–H and O–H groups in total. The summed E-state index contributed by atoms with van der Waals surface area (Å²) < 4.78 is 0. The van der Waals surface area contributed by atoms with Gasteiger partial charge in [-0.05, 0) is 31.2 Å². The van der Waals surface area contributed by atoms with E-state index in [2.05, 4.69) is 10.2 Å². The molecule has 3 aromatic rings. The second kappa shape index (κ2) is 6.75. The molecule has 0 radical (unpaired) electrons. The molecule has 1 saturated heterocycles. The van der Waals surface area contributed by atoms with Gasteiger partial charge in [0.05, 0.1) is 11.1 Å². The van der Waals surface area contributed by atoms with Gasteiger partial charge in [-0.2, -0.15) is 5.10 Å². The van der Waals surface area contributed by atoms with Crippen molar-refractivity contribution in [2.75, 3.05) is 26.2 Å². The molecule has 0 saturated carbocycles. The van der Waals surface area contributed by atoms with E-state index in [9.17, 15) is 14.7 Å². The summed E-state index contributed by atoms with van der Waals surface area (Å²) >= 11 is 0. The first kappa shape index (κ1) is 17.1. The number of phenolic OH excluding ortho intramolecular Hbond substituents is 1. The Bertz CT molecular complexity index is 1020. The minimum atomic E-state index is -0.221. The van der Waals surface area contributed by atoms with Gasteiger partial charge in [-0.3, -0.25) is 14.7 Å². The lowest BCUT2D eigenvalue weighted by molar-refractivity contribution is 0.0531. The van der Waals surface area contributed by atoms with Crippen LogP contribution in [0.5, 0.6) is 5.75 Å². The van der Waals surface area contributed by atoms with Crippen molar-refractivity contribution in [3.8, 4) is 5.75 Å². The van der Waals surface area contributed by atoms with Gasteiger partial charge < -0.3 is 14.9 Å². The number of nitrogens with zero attached hydrogens (tertiary/aromatic N) is 3. The van der Waals surface area contributed by atoms with E-state index >= 15 is 0 Å². The number of carbonyl (C=O) groups excluding carboxylic acids is 2. The number of aromatic amines is 1. The zero-order chi connectivity index (χ0) is 19.0. The maximum Gasteiger partial charge on any atom is 0.275 e. The maximum absolute atomic E-state index is 12.9. The first-order chi connectivity index (χ1) is 13.0. The van der Waals surface area contributed by atoms with Gasteiger partial charge in [-0.1, -0.05) is 23.8 Å². The van der Waals surface area contributed by atoms with Crippen LogP contribution in [-0.4, -0.2) is 63.1 Å². The van der Waals surface area contributed by atoms with Crippen LogP contribution in [-0.2, 0) is 0 Å². The maximum atomic E-state index is 12.9. The molecule has 2 aromatic carbocycles. The quantitative estimate of drug-likeness (QED) is 0.729. The number of aryl methyl sites for hydroxylation is 1. The minimum absolute atomic E-state index is 0.0284. The standard InChI is InChI=1S/C20H20N4O3/c1-13-6-7-16-15(12-13)18(22-21-16)20(27)24-10-8-23(9-11-24)19(26)14-4-2-3-5-17(14)25/h2-7,12,25H,8-11H2,1H3,(H,21,22). The fraction of sp³-hybridized carbons (Fsp3) is 0.250. The van der Waals surface area contributed by atoms with Gasteiger partial charge in [-0.25, -0.2) is 0 Å². The largest absolute Gasteiger partial charge is 0.507 e. The third kappa shape index (κ3) is 3.12. The van der Waals surface area contributed by atoms with Gasteiger partial charge in [0.25, 0.3) is 11.8 Å². The molecule has 0 bridgehead atoms. The summed E-state index contributed by atoms with van der Waals surface area (Å²) in [6, 6.07) is 12.3. The van der Waals surface area contributed by atoms with E-state index in [1.54, 1.807) is 28.0 Å². The predicted molar refractivity (Wildman–Crippen MR) is 101 cm³/mol. The Kier molecular flexibility index (Phi) is 4.27. The van der Waals surface area contributed by atoms with Crippen LogP contribution in [0.2, 0.25) is 0 Å². The summed E-state index contributed by atoms with van der Waals surface area (Å²) in [6.45, 7) is 3.67. The monoisotopic (exact) mass is 364 g/mol. The molecule has 0 spiro atoms. The van der Waals surface area contributed by atoms with E-state index in [-0.39, 0.29) is 23.1 Å². The molecule has 0 unspecified atom stereocenters. The average Bonchev–Trinajstić information content (AvgIpc) is 3.10. The molecule has 0 aliphatic carbocycles. The lowest BCUT2D eigenvalue weighted by Crippen LogP contribution is -2.50. The highest BCUT2D eigenvalue weighted by Gasteiger charge is 2.28. The third-order valence-corrected chi connectivity index (χ3v) is 4.91. The smallest absolute Gasteiger partial charge is 0.275 e. The van der Waals surface area contributed by atoms with Gasteiger partial charge in [-0.15, -0.1) is 0 Å². The van der Waals surface area contributed by atoms with Gasteiger partial charge >= 0.3 is 0 Å². The van der Waals surface area contributed by atoms with Crippen LogP contribution < -0.4 is 0 Å². The van der Waals surface area contributed by atoms with Crippen molar-refractivity contribution < 1.29 is 14.7 Å². The number of rotatable bonds is 2. The number of aromatic hydroxyl groups is 1. The van der Waals surface area contributed by atoms with E-state index < -0.39 is 0 Å². The molecular weight excluding hydrogens is 344 g/mol. The van der Waals surface area contributed by atoms with Crippen LogP contribution in [0.25, 0.3) is 10.9 Å². The van der Waals surface area contributed by atoms with Crippen LogP contribution >= 0.6 is 0 Å². The number of piperazine rings is 1. The normalized spacial score (nSPS) is 14.6. The number of amides is 2. The summed E-state index contributed by atoms with van der Waals surface area (Å²) in [7, 11) is 0. The number of carbonyl (C=O) groups is 2. The SMILES string of the molecule is Cc1ccc2[nH]nc(C(=O)N3CCN(C(=O)c4ccccc4O)CC3)c2c1. The van der Waals surface area contributed by atoms with Crippen LogP contribution in [0.15, 0.2) is 42.5 Å². The van der Waals surface area contributed by atoms with Crippen LogP contribution in [0, 0.1) is 6.92 Å². The van der Waals surface area contributed by atoms with Gasteiger partial charge in [0.1, 0.15) is 5.75 Å². The topological polar surface area (TPSA) is 89.5 Å². The molecule has 2 heterocycles. The van der Waals surface area contributed by atoms with Crippen molar-refractivity contribution >= 4 is 22.7 Å². The fourth-order valence-electron chi connectivity index (χ4n) is 3.38. The highest BCUT2D eigenvalue weighted by Crippen LogP contribution is 2.21. The molecule has 7 heteroatoms. The number of benzene rings is 2. The van der Waals surface area contributed by atoms with Gasteiger partial charge in [0, 0.05) is 31.6 Å². The molecule has 7 nitrogen and oxygen atoms in total. The van der Waals surface area contributed by atoms with E-state index in [1.165, 1.54) is 6.07 Å². The van der Waals surface area contributed by atoms with E-state index in [0.29, 0.717) is 31.9 Å². The highest BCUT2D eigenvalue weighted by molar-refractivity contribution is 6.05. The number of para-hydroxylation sites is 1. The number of hydrogen-bond acceptors (Lipinski definition) is 4. The summed E-state index contributed by atoms with van der Waals surface area (Å²) in [5.74, 6) is -0.387. The Balaban J connectivity index is 1.47. The van der Waals surface area contributed by atoms with Crippen LogP contribution in [0.4, 0.5) is 0 Å². The molecule has 138 valence electrons. The zero-order valence-electron chi connectivity index (χ0n) is 15.0. The molecule has 1 aromatic heterocycles. The summed E-state index contributed by atoms with van der Waals surface area (Å²) in [5, 5.41) is 17.8. The van der Waals surface area contributed by atoms with Gasteiger partial charge in [0.15, 0.2) is 5.69 Å². The van der Waals surface area contributed by atoms with Crippen LogP contribution in [0.1, 0.15) is 26.4 Å². The predicted octanol–water partition coefficient (Wildman–Crippen LogP) is 2.18. The lowest BCUT2D eigenvalue weighted by atomic mass is 10.1. The van der Waals surface area contributed by atoms with E-state index in [1.807, 2.05) is 25.1 Å². The molecule has 1 aliphatic rings. The molecule has 1 fully saturated rings. The van der Waals surface area contributed by atoms with Crippen molar-refractivity contribution in [3.63, 3.8) is 0 Å². The number of nitrogens with one attached hydrogen (secondary N) is 1. The molecule has 2 amide bonds. The molecule has 27 heavy (non-hydrogen) atoms. The summed E-state index contributed by atoms with van der Waals surface area (Å²) in [4.78, 5) is 28.8. The zero-order valence-corrected chi connectivity index (χ0v) is 15.0. The Morgan fingerprint density at radius 3 is 2.37 bits per heavy atom. The Labute approximate surface area is 156 Å². The van der Waals surface area contributed by atoms with E-state index in [4.69, 9.17) is 0 Å². The Morgan fingerprint density at radius 1 is 1.00 bits per heavy atom. The summed E-state index contributed by atoms with van der Waals surface area (Å²) in [6.07, 6.45) is 0. The fourth-order valence-corrected chi connectivity index (χ4v) is 3.38. The average molecular weight is 364 g/mol. The molecule has 4 rings (SSSR count). The van der Waals surface area contributed by atoms with Crippen LogP contribution in [0.3, 0.4) is 0 Å². The summed E-state index contributed by atoms with van der Waals surface area (Å²) in [5.41, 5.74) is 2.59. The highest BCUT2D eigenvalue weighted by atomic mass is 16.3. The number of H-pyrrole nitrogens is 1. The van der Waals surface area contributed by atoms with E-state index in [0.717, 1.165) is 16.5 Å². The Hall–Kier alpha value is -3.35. The van der Waals surface area contributed by atoms with Crippen molar-refractivity contribution in [1.29, 1.82) is 0 Å². The molecule has 1 aliphatic heterocycles. The molecular formula is C20H20N4O3. The second-order valence-corrected chi connectivity index (χ2v) is 6.72. The van der Waals surface area contributed by atoms with Crippen molar-refractivity contribution in [2.45, 2.75) is 6.92 Å². The first-order valence-corrected chi connectivity index (χ1v) is 8.86. The number of hydrogen-bond donors (Lipinski definition) is 2. The number of phenols is 1. The van der Waals surface area contributed by atoms with Crippen molar-refractivity contribution in [2.24, 2.45) is 0 Å². The Morgan fingerprint density at radius 2 is 1.67 bits per heavy atom. The van der Waals surface area contributed by atoms with Crippen molar-refractivity contribution in [1.82, 2.24) is 20.0 Å². The minimum Gasteiger partial charge on any atom is -0.507 e. The second-order valence-electron chi connectivity index (χ2n) is 6.72. The molecule has 0 atom stereocenters. The number of fused-ring (bicyclic) bond motifs is 1. The number of aromatic nitrogens is 2.